The van der Waals surface area contributed by atoms with E-state index in [-0.39, 0.29) is 17.5 Å². The van der Waals surface area contributed by atoms with Gasteiger partial charge in [-0.3, -0.25) is 24.1 Å². The third kappa shape index (κ3) is 8.51. The first-order valence-corrected chi connectivity index (χ1v) is 16.8. The Labute approximate surface area is 288 Å². The molecule has 6 rings (SSSR count). The fraction of sp³-hybridized carbons (Fsp3) is 0.100. The van der Waals surface area contributed by atoms with E-state index < -0.39 is 11.8 Å². The van der Waals surface area contributed by atoms with Crippen molar-refractivity contribution in [2.45, 2.75) is 17.9 Å². The Balaban J connectivity index is 1.09. The molecule has 8 nitrogen and oxygen atoms in total. The predicted molar refractivity (Wildman–Crippen MR) is 191 cm³/mol. The van der Waals surface area contributed by atoms with E-state index in [1.165, 1.54) is 4.90 Å². The number of thioether (sulfide) groups is 1. The fourth-order valence-electron chi connectivity index (χ4n) is 5.23. The standard InChI is InChI=1S/C40H33N3O5S/c44-37(30-13-5-2-6-14-30)42-36(25-28-19-21-32(22-20-28)48-27-29-11-3-1-4-12-29)38(45)41-31-15-9-16-33(26-31)49-24-10-23-43-39(46)34-17-7-8-18-35(34)40(43)47/h1-9,11-22,25-26H,10,23-24,27H2,(H,41,45)(H,42,44)/b36-25+. The van der Waals surface area contributed by atoms with Gasteiger partial charge >= 0.3 is 0 Å². The molecule has 0 saturated carbocycles. The van der Waals surface area contributed by atoms with E-state index in [4.69, 9.17) is 4.74 Å². The number of hydrogen-bond acceptors (Lipinski definition) is 6. The topological polar surface area (TPSA) is 105 Å². The van der Waals surface area contributed by atoms with Crippen molar-refractivity contribution in [2.75, 3.05) is 17.6 Å². The number of fused-ring (bicyclic) bond motifs is 1. The number of imide groups is 1. The van der Waals surface area contributed by atoms with E-state index in [2.05, 4.69) is 10.6 Å². The van der Waals surface area contributed by atoms with Crippen LogP contribution in [-0.2, 0) is 11.4 Å². The van der Waals surface area contributed by atoms with Gasteiger partial charge in [0.05, 0.1) is 11.1 Å². The van der Waals surface area contributed by atoms with Crippen LogP contribution in [0, 0.1) is 0 Å². The number of ether oxygens (including phenoxy) is 1. The number of benzene rings is 5. The Morgan fingerprint density at radius 1 is 0.735 bits per heavy atom. The summed E-state index contributed by atoms with van der Waals surface area (Å²) in [4.78, 5) is 54.2. The Morgan fingerprint density at radius 3 is 2.08 bits per heavy atom. The van der Waals surface area contributed by atoms with Crippen LogP contribution in [0.25, 0.3) is 6.08 Å². The van der Waals surface area contributed by atoms with E-state index in [1.54, 1.807) is 72.4 Å². The van der Waals surface area contributed by atoms with Crippen LogP contribution in [0.3, 0.4) is 0 Å². The van der Waals surface area contributed by atoms with Gasteiger partial charge in [-0.1, -0.05) is 78.9 Å². The maximum Gasteiger partial charge on any atom is 0.272 e. The smallest absolute Gasteiger partial charge is 0.272 e. The molecule has 5 aromatic carbocycles. The SMILES string of the molecule is O=C(Nc1cccc(SCCCN2C(=O)c3ccccc3C2=O)c1)/C(=C\c1ccc(OCc2ccccc2)cc1)NC(=O)c1ccccc1. The average molecular weight is 668 g/mol. The summed E-state index contributed by atoms with van der Waals surface area (Å²) in [5, 5.41) is 5.68. The molecule has 244 valence electrons. The second-order valence-corrected chi connectivity index (χ2v) is 12.4. The molecular formula is C40H33N3O5S. The quantitative estimate of drug-likeness (QED) is 0.0585. The van der Waals surface area contributed by atoms with Gasteiger partial charge in [-0.2, -0.15) is 0 Å². The average Bonchev–Trinajstić information content (AvgIpc) is 3.38. The van der Waals surface area contributed by atoms with Crippen molar-refractivity contribution in [3.8, 4) is 5.75 Å². The maximum absolute atomic E-state index is 13.6. The van der Waals surface area contributed by atoms with Crippen molar-refractivity contribution in [3.05, 3.63) is 167 Å². The summed E-state index contributed by atoms with van der Waals surface area (Å²) in [5.74, 6) is -0.0718. The lowest BCUT2D eigenvalue weighted by atomic mass is 10.1. The number of rotatable bonds is 13. The molecule has 0 spiro atoms. The molecule has 4 amide bonds. The largest absolute Gasteiger partial charge is 0.489 e. The highest BCUT2D eigenvalue weighted by Gasteiger charge is 2.34. The lowest BCUT2D eigenvalue weighted by molar-refractivity contribution is -0.113. The summed E-state index contributed by atoms with van der Waals surface area (Å²) in [6, 6.07) is 40.1. The normalized spacial score (nSPS) is 12.4. The minimum Gasteiger partial charge on any atom is -0.489 e. The maximum atomic E-state index is 13.6. The Hall–Kier alpha value is -5.93. The molecule has 0 atom stereocenters. The highest BCUT2D eigenvalue weighted by molar-refractivity contribution is 7.99. The molecule has 1 aliphatic rings. The van der Waals surface area contributed by atoms with Crippen molar-refractivity contribution in [1.82, 2.24) is 10.2 Å². The Bertz CT molecular complexity index is 1960. The van der Waals surface area contributed by atoms with E-state index in [9.17, 15) is 19.2 Å². The van der Waals surface area contributed by atoms with E-state index in [0.717, 1.165) is 10.5 Å². The molecule has 9 heteroatoms. The minimum absolute atomic E-state index is 0.0748. The number of nitrogens with one attached hydrogen (secondary N) is 2. The number of carbonyl (C=O) groups excluding carboxylic acids is 4. The van der Waals surface area contributed by atoms with Crippen molar-refractivity contribution < 1.29 is 23.9 Å². The Morgan fingerprint density at radius 2 is 1.39 bits per heavy atom. The van der Waals surface area contributed by atoms with E-state index in [0.29, 0.717) is 59.0 Å². The zero-order valence-corrected chi connectivity index (χ0v) is 27.3. The third-order valence-electron chi connectivity index (χ3n) is 7.73. The second kappa shape index (κ2) is 15.8. The van der Waals surface area contributed by atoms with Gasteiger partial charge < -0.3 is 15.4 Å². The minimum atomic E-state index is -0.485. The molecule has 0 aromatic heterocycles. The van der Waals surface area contributed by atoms with Crippen LogP contribution in [0.2, 0.25) is 0 Å². The Kier molecular flexibility index (Phi) is 10.6. The molecule has 0 radical (unpaired) electrons. The summed E-state index contributed by atoms with van der Waals surface area (Å²) in [6.07, 6.45) is 2.23. The molecule has 0 unspecified atom stereocenters. The summed E-state index contributed by atoms with van der Waals surface area (Å²) in [7, 11) is 0. The molecule has 0 aliphatic carbocycles. The molecule has 1 aliphatic heterocycles. The number of hydrogen-bond donors (Lipinski definition) is 2. The molecule has 1 heterocycles. The molecule has 5 aromatic rings. The summed E-state index contributed by atoms with van der Waals surface area (Å²) < 4.78 is 5.89. The highest BCUT2D eigenvalue weighted by Crippen LogP contribution is 2.26. The molecular weight excluding hydrogens is 635 g/mol. The predicted octanol–water partition coefficient (Wildman–Crippen LogP) is 7.45. The second-order valence-electron chi connectivity index (χ2n) is 11.2. The molecule has 2 N–H and O–H groups in total. The number of carbonyl (C=O) groups is 4. The molecule has 0 fully saturated rings. The lowest BCUT2D eigenvalue weighted by Crippen LogP contribution is -2.31. The summed E-state index contributed by atoms with van der Waals surface area (Å²) in [6.45, 7) is 0.756. The first-order valence-electron chi connectivity index (χ1n) is 15.8. The summed E-state index contributed by atoms with van der Waals surface area (Å²) in [5.41, 5.74) is 3.70. The number of amides is 4. The van der Waals surface area contributed by atoms with Crippen LogP contribution >= 0.6 is 11.8 Å². The third-order valence-corrected chi connectivity index (χ3v) is 8.81. The molecule has 49 heavy (non-hydrogen) atoms. The van der Waals surface area contributed by atoms with Gasteiger partial charge in [0.2, 0.25) is 0 Å². The van der Waals surface area contributed by atoms with Gasteiger partial charge in [-0.05, 0) is 84.0 Å². The van der Waals surface area contributed by atoms with Crippen molar-refractivity contribution in [2.24, 2.45) is 0 Å². The number of anilines is 1. The van der Waals surface area contributed by atoms with E-state index in [1.807, 2.05) is 78.9 Å². The van der Waals surface area contributed by atoms with Gasteiger partial charge in [0.25, 0.3) is 23.6 Å². The van der Waals surface area contributed by atoms with Crippen LogP contribution in [-0.4, -0.2) is 40.8 Å². The van der Waals surface area contributed by atoms with Crippen LogP contribution in [0.1, 0.15) is 48.6 Å². The van der Waals surface area contributed by atoms with Gasteiger partial charge in [-0.15, -0.1) is 11.8 Å². The first kappa shape index (κ1) is 33.0. The van der Waals surface area contributed by atoms with Gasteiger partial charge in [0.15, 0.2) is 0 Å². The van der Waals surface area contributed by atoms with Crippen molar-refractivity contribution >= 4 is 47.2 Å². The molecule has 0 saturated heterocycles. The van der Waals surface area contributed by atoms with Crippen LogP contribution in [0.4, 0.5) is 5.69 Å². The van der Waals surface area contributed by atoms with E-state index >= 15 is 0 Å². The van der Waals surface area contributed by atoms with Gasteiger partial charge in [-0.25, -0.2) is 0 Å². The number of nitrogens with zero attached hydrogens (tertiary/aromatic N) is 1. The fourth-order valence-corrected chi connectivity index (χ4v) is 6.12. The van der Waals surface area contributed by atoms with Crippen molar-refractivity contribution in [1.29, 1.82) is 0 Å². The molecule has 0 bridgehead atoms. The summed E-state index contributed by atoms with van der Waals surface area (Å²) >= 11 is 1.56. The monoisotopic (exact) mass is 667 g/mol. The van der Waals surface area contributed by atoms with Crippen LogP contribution < -0.4 is 15.4 Å². The zero-order valence-electron chi connectivity index (χ0n) is 26.5. The lowest BCUT2D eigenvalue weighted by Gasteiger charge is -2.14. The van der Waals surface area contributed by atoms with Gasteiger partial charge in [0.1, 0.15) is 18.1 Å². The van der Waals surface area contributed by atoms with Crippen LogP contribution in [0.5, 0.6) is 5.75 Å². The highest BCUT2D eigenvalue weighted by atomic mass is 32.2. The van der Waals surface area contributed by atoms with Gasteiger partial charge in [0, 0.05) is 22.7 Å². The first-order chi connectivity index (χ1) is 23.9. The van der Waals surface area contributed by atoms with Crippen molar-refractivity contribution in [3.63, 3.8) is 0 Å². The zero-order chi connectivity index (χ0) is 34.0. The van der Waals surface area contributed by atoms with Crippen LogP contribution in [0.15, 0.2) is 144 Å².